The van der Waals surface area contributed by atoms with Gasteiger partial charge in [-0.3, -0.25) is 9.89 Å². The number of likely N-dealkylation sites (tertiary alicyclic amines) is 2. The Morgan fingerprint density at radius 2 is 2.00 bits per heavy atom. The monoisotopic (exact) mass is 319 g/mol. The number of carbonyl (C=O) groups excluding carboxylic acids is 2. The van der Waals surface area contributed by atoms with Gasteiger partial charge in [0.05, 0.1) is 17.8 Å². The molecule has 0 bridgehead atoms. The number of H-pyrrole nitrogens is 1. The first-order valence-electron chi connectivity index (χ1n) is 8.47. The number of nitrogens with zero attached hydrogens (tertiary/aromatic N) is 3. The van der Waals surface area contributed by atoms with E-state index in [0.717, 1.165) is 38.8 Å². The van der Waals surface area contributed by atoms with Crippen molar-refractivity contribution in [2.75, 3.05) is 31.5 Å². The van der Waals surface area contributed by atoms with E-state index in [1.54, 1.807) is 17.3 Å². The van der Waals surface area contributed by atoms with Crippen LogP contribution in [-0.2, 0) is 4.79 Å². The SMILES string of the molecule is CC1CCN(C(=O)[C@H]2CCCN(C(=O)Nc3cn[nH]c3)C2)CC1. The molecule has 0 radical (unpaired) electrons. The summed E-state index contributed by atoms with van der Waals surface area (Å²) in [6, 6.07) is -0.156. The second-order valence-electron chi connectivity index (χ2n) is 6.71. The predicted molar refractivity (Wildman–Crippen MR) is 86.9 cm³/mol. The van der Waals surface area contributed by atoms with Crippen LogP contribution < -0.4 is 5.32 Å². The Kier molecular flexibility index (Phi) is 4.83. The van der Waals surface area contributed by atoms with E-state index in [2.05, 4.69) is 22.4 Å². The Morgan fingerprint density at radius 3 is 2.70 bits per heavy atom. The molecule has 2 aliphatic rings. The Hall–Kier alpha value is -2.05. The fourth-order valence-electron chi connectivity index (χ4n) is 3.37. The zero-order valence-corrected chi connectivity index (χ0v) is 13.6. The zero-order chi connectivity index (χ0) is 16.2. The zero-order valence-electron chi connectivity index (χ0n) is 13.6. The van der Waals surface area contributed by atoms with Crippen molar-refractivity contribution in [3.8, 4) is 0 Å². The quantitative estimate of drug-likeness (QED) is 0.873. The third-order valence-electron chi connectivity index (χ3n) is 4.90. The highest BCUT2D eigenvalue weighted by molar-refractivity contribution is 5.89. The van der Waals surface area contributed by atoms with Crippen molar-refractivity contribution in [3.63, 3.8) is 0 Å². The third kappa shape index (κ3) is 3.83. The lowest BCUT2D eigenvalue weighted by Gasteiger charge is -2.37. The summed E-state index contributed by atoms with van der Waals surface area (Å²) >= 11 is 0. The van der Waals surface area contributed by atoms with Crippen molar-refractivity contribution >= 4 is 17.6 Å². The van der Waals surface area contributed by atoms with Crippen LogP contribution in [0.4, 0.5) is 10.5 Å². The topological polar surface area (TPSA) is 81.3 Å². The number of amides is 3. The molecule has 2 aliphatic heterocycles. The Balaban J connectivity index is 1.55. The lowest BCUT2D eigenvalue weighted by Crippen LogP contribution is -2.49. The molecule has 23 heavy (non-hydrogen) atoms. The average Bonchev–Trinajstić information content (AvgIpc) is 3.08. The van der Waals surface area contributed by atoms with Crippen LogP contribution in [-0.4, -0.2) is 58.1 Å². The van der Waals surface area contributed by atoms with Crippen molar-refractivity contribution in [2.24, 2.45) is 11.8 Å². The fourth-order valence-corrected chi connectivity index (χ4v) is 3.37. The fraction of sp³-hybridized carbons (Fsp3) is 0.688. The van der Waals surface area contributed by atoms with Crippen molar-refractivity contribution in [2.45, 2.75) is 32.6 Å². The third-order valence-corrected chi connectivity index (χ3v) is 4.90. The van der Waals surface area contributed by atoms with Crippen LogP contribution in [0.25, 0.3) is 0 Å². The molecule has 0 aromatic carbocycles. The second-order valence-corrected chi connectivity index (χ2v) is 6.71. The molecule has 3 amide bonds. The molecular formula is C16H25N5O2. The number of hydrogen-bond donors (Lipinski definition) is 2. The minimum absolute atomic E-state index is 0.0627. The van der Waals surface area contributed by atoms with Gasteiger partial charge in [-0.05, 0) is 31.6 Å². The van der Waals surface area contributed by atoms with E-state index in [9.17, 15) is 9.59 Å². The van der Waals surface area contributed by atoms with Crippen LogP contribution in [0.1, 0.15) is 32.6 Å². The molecule has 3 rings (SSSR count). The van der Waals surface area contributed by atoms with Crippen LogP contribution in [0.5, 0.6) is 0 Å². The van der Waals surface area contributed by atoms with Gasteiger partial charge in [0.2, 0.25) is 5.91 Å². The van der Waals surface area contributed by atoms with Crippen LogP contribution in [0.15, 0.2) is 12.4 Å². The largest absolute Gasteiger partial charge is 0.342 e. The van der Waals surface area contributed by atoms with Crippen molar-refractivity contribution < 1.29 is 9.59 Å². The smallest absolute Gasteiger partial charge is 0.321 e. The molecule has 126 valence electrons. The molecule has 2 saturated heterocycles. The van der Waals surface area contributed by atoms with Gasteiger partial charge in [0.1, 0.15) is 0 Å². The number of carbonyl (C=O) groups is 2. The van der Waals surface area contributed by atoms with Crippen molar-refractivity contribution in [3.05, 3.63) is 12.4 Å². The summed E-state index contributed by atoms with van der Waals surface area (Å²) in [6.07, 6.45) is 7.13. The van der Waals surface area contributed by atoms with Gasteiger partial charge in [-0.25, -0.2) is 4.79 Å². The Bertz CT molecular complexity index is 537. The second kappa shape index (κ2) is 7.02. The number of rotatable bonds is 2. The number of piperidine rings is 2. The first kappa shape index (κ1) is 15.8. The van der Waals surface area contributed by atoms with Crippen molar-refractivity contribution in [1.82, 2.24) is 20.0 Å². The molecule has 7 heteroatoms. The number of urea groups is 1. The maximum absolute atomic E-state index is 12.7. The Labute approximate surface area is 136 Å². The van der Waals surface area contributed by atoms with Gasteiger partial charge in [0.25, 0.3) is 0 Å². The van der Waals surface area contributed by atoms with E-state index in [1.165, 1.54) is 0 Å². The molecular weight excluding hydrogens is 294 g/mol. The van der Waals surface area contributed by atoms with Crippen LogP contribution in [0.2, 0.25) is 0 Å². The van der Waals surface area contributed by atoms with E-state index in [0.29, 0.717) is 24.7 Å². The first-order valence-corrected chi connectivity index (χ1v) is 8.47. The maximum Gasteiger partial charge on any atom is 0.321 e. The van der Waals surface area contributed by atoms with Crippen LogP contribution >= 0.6 is 0 Å². The summed E-state index contributed by atoms with van der Waals surface area (Å²) in [7, 11) is 0. The van der Waals surface area contributed by atoms with E-state index < -0.39 is 0 Å². The molecule has 1 aromatic rings. The standard InChI is InChI=1S/C16H25N5O2/c1-12-4-7-20(8-5-12)15(22)13-3-2-6-21(11-13)16(23)19-14-9-17-18-10-14/h9-10,12-13H,2-8,11H2,1H3,(H,17,18)(H,19,23)/t13-/m0/s1. The van der Waals surface area contributed by atoms with E-state index in [1.807, 2.05) is 4.90 Å². The van der Waals surface area contributed by atoms with E-state index >= 15 is 0 Å². The van der Waals surface area contributed by atoms with Crippen LogP contribution in [0, 0.1) is 11.8 Å². The highest BCUT2D eigenvalue weighted by Crippen LogP contribution is 2.23. The minimum Gasteiger partial charge on any atom is -0.342 e. The lowest BCUT2D eigenvalue weighted by molar-refractivity contribution is -0.138. The van der Waals surface area contributed by atoms with Gasteiger partial charge in [0.15, 0.2) is 0 Å². The molecule has 7 nitrogen and oxygen atoms in total. The summed E-state index contributed by atoms with van der Waals surface area (Å²) < 4.78 is 0. The summed E-state index contributed by atoms with van der Waals surface area (Å²) in [6.45, 7) is 5.17. The summed E-state index contributed by atoms with van der Waals surface area (Å²) in [5.41, 5.74) is 0.647. The molecule has 1 aromatic heterocycles. The lowest BCUT2D eigenvalue weighted by atomic mass is 9.93. The molecule has 0 unspecified atom stereocenters. The number of aromatic nitrogens is 2. The molecule has 0 spiro atoms. The maximum atomic E-state index is 12.7. The van der Waals surface area contributed by atoms with Crippen molar-refractivity contribution in [1.29, 1.82) is 0 Å². The predicted octanol–water partition coefficient (Wildman–Crippen LogP) is 1.91. The highest BCUT2D eigenvalue weighted by atomic mass is 16.2. The van der Waals surface area contributed by atoms with Crippen LogP contribution in [0.3, 0.4) is 0 Å². The molecule has 3 heterocycles. The van der Waals surface area contributed by atoms with E-state index in [4.69, 9.17) is 0 Å². The summed E-state index contributed by atoms with van der Waals surface area (Å²) in [5, 5.41) is 9.28. The van der Waals surface area contributed by atoms with Gasteiger partial charge >= 0.3 is 6.03 Å². The number of anilines is 1. The molecule has 2 fully saturated rings. The number of aromatic amines is 1. The summed E-state index contributed by atoms with van der Waals surface area (Å²) in [5.74, 6) is 0.868. The molecule has 0 aliphatic carbocycles. The van der Waals surface area contributed by atoms with Gasteiger partial charge in [-0.1, -0.05) is 6.92 Å². The Morgan fingerprint density at radius 1 is 1.22 bits per heavy atom. The van der Waals surface area contributed by atoms with Gasteiger partial charge in [0, 0.05) is 32.4 Å². The highest BCUT2D eigenvalue weighted by Gasteiger charge is 2.32. The average molecular weight is 319 g/mol. The van der Waals surface area contributed by atoms with Gasteiger partial charge < -0.3 is 15.1 Å². The normalized spacial score (nSPS) is 22.9. The minimum atomic E-state index is -0.156. The van der Waals surface area contributed by atoms with Gasteiger partial charge in [-0.15, -0.1) is 0 Å². The number of nitrogens with one attached hydrogen (secondary N) is 2. The molecule has 1 atom stereocenters. The molecule has 2 N–H and O–H groups in total. The summed E-state index contributed by atoms with van der Waals surface area (Å²) in [4.78, 5) is 28.7. The molecule has 0 saturated carbocycles. The first-order chi connectivity index (χ1) is 11.1. The number of hydrogen-bond acceptors (Lipinski definition) is 3. The van der Waals surface area contributed by atoms with E-state index in [-0.39, 0.29) is 17.9 Å². The van der Waals surface area contributed by atoms with Gasteiger partial charge in [-0.2, -0.15) is 5.10 Å².